The number of nitrogens with one attached hydrogen (secondary N) is 1. The summed E-state index contributed by atoms with van der Waals surface area (Å²) in [6.07, 6.45) is 104. The summed E-state index contributed by atoms with van der Waals surface area (Å²) in [5.74, 6) is -0.0423. The molecule has 0 aromatic carbocycles. The highest BCUT2D eigenvalue weighted by Gasteiger charge is 2.18. The Bertz CT molecular complexity index is 1460. The van der Waals surface area contributed by atoms with E-state index in [1.54, 1.807) is 6.08 Å². The number of hydrogen-bond donors (Lipinski definition) is 3. The van der Waals surface area contributed by atoms with Crippen LogP contribution in [0.15, 0.2) is 36.5 Å². The normalized spacial score (nSPS) is 12.6. The Balaban J connectivity index is 3.33. The number of ether oxygens (including phenoxy) is 1. The van der Waals surface area contributed by atoms with Crippen LogP contribution in [0.2, 0.25) is 0 Å². The van der Waals surface area contributed by atoms with Gasteiger partial charge in [-0.3, -0.25) is 9.59 Å². The first kappa shape index (κ1) is 88.1. The topological polar surface area (TPSA) is 95.9 Å². The molecule has 0 rings (SSSR count). The number of aliphatic hydroxyl groups excluding tert-OH is 2. The van der Waals surface area contributed by atoms with Crippen LogP contribution in [0.4, 0.5) is 0 Å². The molecule has 90 heavy (non-hydrogen) atoms. The van der Waals surface area contributed by atoms with Gasteiger partial charge in [0.2, 0.25) is 5.91 Å². The minimum absolute atomic E-state index is 0.0158. The van der Waals surface area contributed by atoms with Crippen molar-refractivity contribution < 1.29 is 24.5 Å². The van der Waals surface area contributed by atoms with Gasteiger partial charge in [-0.2, -0.15) is 0 Å². The van der Waals surface area contributed by atoms with Crippen LogP contribution in [-0.2, 0) is 14.3 Å². The van der Waals surface area contributed by atoms with E-state index in [0.717, 1.165) is 51.4 Å². The van der Waals surface area contributed by atoms with Crippen LogP contribution in [0.3, 0.4) is 0 Å². The number of unbranched alkanes of at least 4 members (excludes halogenated alkanes) is 63. The highest BCUT2D eigenvalue weighted by atomic mass is 16.5. The monoisotopic (exact) mass is 1260 g/mol. The van der Waals surface area contributed by atoms with E-state index in [2.05, 4.69) is 43.5 Å². The Labute approximate surface area is 564 Å². The van der Waals surface area contributed by atoms with Crippen molar-refractivity contribution in [2.75, 3.05) is 13.2 Å². The van der Waals surface area contributed by atoms with E-state index >= 15 is 0 Å². The average Bonchev–Trinajstić information content (AvgIpc) is 3.71. The summed E-state index contributed by atoms with van der Waals surface area (Å²) >= 11 is 0. The first-order chi connectivity index (χ1) is 44.5. The quantitative estimate of drug-likeness (QED) is 0.0320. The van der Waals surface area contributed by atoms with Crippen LogP contribution in [0.1, 0.15) is 463 Å². The molecule has 0 aliphatic carbocycles. The average molecular weight is 1270 g/mol. The Kier molecular flexibility index (Phi) is 77.8. The van der Waals surface area contributed by atoms with Gasteiger partial charge >= 0.3 is 5.97 Å². The maximum absolute atomic E-state index is 12.5. The second-order valence-electron chi connectivity index (χ2n) is 28.5. The zero-order valence-electron chi connectivity index (χ0n) is 61.1. The molecule has 1 amide bonds. The lowest BCUT2D eigenvalue weighted by Crippen LogP contribution is -2.45. The fraction of sp³-hybridized carbons (Fsp3) is 0.905. The summed E-state index contributed by atoms with van der Waals surface area (Å²) in [6, 6.07) is -0.625. The molecular formula is C84H161NO5. The minimum atomic E-state index is -0.842. The molecule has 532 valence electrons. The number of aliphatic hydroxyl groups is 2. The van der Waals surface area contributed by atoms with Crippen molar-refractivity contribution in [3.05, 3.63) is 36.5 Å². The predicted molar refractivity (Wildman–Crippen MR) is 398 cm³/mol. The lowest BCUT2D eigenvalue weighted by atomic mass is 10.0. The zero-order chi connectivity index (χ0) is 64.9. The standard InChI is InChI=1S/C84H161NO5/c1-3-5-7-9-11-13-15-17-19-21-23-41-44-48-52-56-60-64-68-72-76-82(87)81(80-86)85-83(88)77-73-69-65-61-57-53-49-45-42-39-37-35-33-31-29-27-25-24-26-28-30-32-34-36-38-40-43-47-51-55-59-63-67-71-75-79-90-84(89)78-74-70-66-62-58-54-50-46-22-20-18-16-14-12-10-8-6-4-2/h14,16,20,22,72,76,81-82,86-87H,3-13,15,17-19,21,23-71,73-75,77-80H2,1-2H3,(H,85,88)/b16-14-,22-20-,76-72+. The summed E-state index contributed by atoms with van der Waals surface area (Å²) in [7, 11) is 0. The summed E-state index contributed by atoms with van der Waals surface area (Å²) in [5, 5.41) is 23.3. The van der Waals surface area contributed by atoms with Crippen LogP contribution in [0.25, 0.3) is 0 Å². The van der Waals surface area contributed by atoms with Gasteiger partial charge in [-0.15, -0.1) is 0 Å². The van der Waals surface area contributed by atoms with E-state index in [-0.39, 0.29) is 18.5 Å². The molecule has 0 aliphatic heterocycles. The predicted octanol–water partition coefficient (Wildman–Crippen LogP) is 27.4. The zero-order valence-corrected chi connectivity index (χ0v) is 61.1. The van der Waals surface area contributed by atoms with Crippen LogP contribution in [0, 0.1) is 0 Å². The molecule has 3 N–H and O–H groups in total. The maximum Gasteiger partial charge on any atom is 0.305 e. The van der Waals surface area contributed by atoms with Gasteiger partial charge in [0, 0.05) is 12.8 Å². The minimum Gasteiger partial charge on any atom is -0.466 e. The summed E-state index contributed by atoms with van der Waals surface area (Å²) in [6.45, 7) is 4.94. The molecule has 0 radical (unpaired) electrons. The van der Waals surface area contributed by atoms with Crippen LogP contribution in [0.5, 0.6) is 0 Å². The smallest absolute Gasteiger partial charge is 0.305 e. The highest BCUT2D eigenvalue weighted by Crippen LogP contribution is 2.20. The van der Waals surface area contributed by atoms with Gasteiger partial charge in [0.05, 0.1) is 25.4 Å². The third-order valence-corrected chi connectivity index (χ3v) is 19.4. The van der Waals surface area contributed by atoms with E-state index in [1.807, 2.05) is 6.08 Å². The molecule has 2 atom stereocenters. The van der Waals surface area contributed by atoms with Gasteiger partial charge < -0.3 is 20.3 Å². The first-order valence-corrected chi connectivity index (χ1v) is 41.3. The molecule has 6 heteroatoms. The van der Waals surface area contributed by atoms with Crippen LogP contribution in [-0.4, -0.2) is 47.4 Å². The number of esters is 1. The van der Waals surface area contributed by atoms with E-state index in [4.69, 9.17) is 4.74 Å². The third kappa shape index (κ3) is 75.1. The second kappa shape index (κ2) is 79.5. The lowest BCUT2D eigenvalue weighted by Gasteiger charge is -2.20. The number of allylic oxidation sites excluding steroid dienone is 5. The third-order valence-electron chi connectivity index (χ3n) is 19.4. The molecule has 2 unspecified atom stereocenters. The van der Waals surface area contributed by atoms with Crippen molar-refractivity contribution in [1.29, 1.82) is 0 Å². The van der Waals surface area contributed by atoms with Gasteiger partial charge in [-0.05, 0) is 64.2 Å². The molecule has 0 heterocycles. The highest BCUT2D eigenvalue weighted by molar-refractivity contribution is 5.76. The number of rotatable bonds is 78. The van der Waals surface area contributed by atoms with Gasteiger partial charge in [0.25, 0.3) is 0 Å². The molecule has 0 saturated carbocycles. The molecule has 0 fully saturated rings. The van der Waals surface area contributed by atoms with Gasteiger partial charge in [0.15, 0.2) is 0 Å². The maximum atomic E-state index is 12.5. The number of amides is 1. The number of carbonyl (C=O) groups is 2. The van der Waals surface area contributed by atoms with Crippen molar-refractivity contribution in [3.63, 3.8) is 0 Å². The van der Waals surface area contributed by atoms with Crippen molar-refractivity contribution >= 4 is 11.9 Å². The number of carbonyl (C=O) groups excluding carboxylic acids is 2. The molecule has 0 saturated heterocycles. The van der Waals surface area contributed by atoms with Crippen LogP contribution >= 0.6 is 0 Å². The Hall–Kier alpha value is -1.92. The lowest BCUT2D eigenvalue weighted by molar-refractivity contribution is -0.143. The SMILES string of the molecule is CCCCCC/C=C\C/C=C\CCCCCCCCCC(=O)OCCCCCCCCCCCCCCCCCCCCCCCCCCCCCCCCCCCCCC(=O)NC(CO)C(O)/C=C/CCCCCCCCCCCCCCCCCCCC. The molecule has 0 bridgehead atoms. The van der Waals surface area contributed by atoms with Crippen molar-refractivity contribution in [3.8, 4) is 0 Å². The Morgan fingerprint density at radius 2 is 0.556 bits per heavy atom. The van der Waals surface area contributed by atoms with Gasteiger partial charge in [0.1, 0.15) is 0 Å². The fourth-order valence-corrected chi connectivity index (χ4v) is 13.1. The molecule has 0 aromatic rings. The summed E-state index contributed by atoms with van der Waals surface area (Å²) in [5.41, 5.74) is 0. The fourth-order valence-electron chi connectivity index (χ4n) is 13.1. The van der Waals surface area contributed by atoms with E-state index in [0.29, 0.717) is 19.4 Å². The molecule has 6 nitrogen and oxygen atoms in total. The Morgan fingerprint density at radius 1 is 0.311 bits per heavy atom. The van der Waals surface area contributed by atoms with Crippen molar-refractivity contribution in [2.45, 2.75) is 475 Å². The van der Waals surface area contributed by atoms with E-state index in [9.17, 15) is 19.8 Å². The molecule has 0 spiro atoms. The summed E-state index contributed by atoms with van der Waals surface area (Å²) < 4.78 is 5.51. The Morgan fingerprint density at radius 3 is 0.856 bits per heavy atom. The number of hydrogen-bond acceptors (Lipinski definition) is 5. The largest absolute Gasteiger partial charge is 0.466 e. The van der Waals surface area contributed by atoms with Crippen LogP contribution < -0.4 is 5.32 Å². The summed E-state index contributed by atoms with van der Waals surface area (Å²) in [4.78, 5) is 24.7. The van der Waals surface area contributed by atoms with E-state index < -0.39 is 12.1 Å². The second-order valence-corrected chi connectivity index (χ2v) is 28.5. The van der Waals surface area contributed by atoms with Crippen molar-refractivity contribution in [2.24, 2.45) is 0 Å². The van der Waals surface area contributed by atoms with Gasteiger partial charge in [-0.1, -0.05) is 423 Å². The van der Waals surface area contributed by atoms with Gasteiger partial charge in [-0.25, -0.2) is 0 Å². The van der Waals surface area contributed by atoms with Crippen molar-refractivity contribution in [1.82, 2.24) is 5.32 Å². The first-order valence-electron chi connectivity index (χ1n) is 41.3. The molecule has 0 aromatic heterocycles. The molecule has 0 aliphatic rings. The van der Waals surface area contributed by atoms with E-state index in [1.165, 1.54) is 385 Å². The molecular weight excluding hydrogens is 1100 g/mol.